The molecule has 1 aliphatic rings. The van der Waals surface area contributed by atoms with E-state index >= 15 is 0 Å². The van der Waals surface area contributed by atoms with E-state index in [1.807, 2.05) is 32.0 Å². The van der Waals surface area contributed by atoms with Crippen LogP contribution < -0.4 is 19.7 Å². The van der Waals surface area contributed by atoms with Crippen molar-refractivity contribution < 1.29 is 19.1 Å². The van der Waals surface area contributed by atoms with Crippen molar-refractivity contribution in [1.82, 2.24) is 0 Å². The molecule has 0 unspecified atom stereocenters. The fourth-order valence-corrected chi connectivity index (χ4v) is 2.73. The maximum atomic E-state index is 12.5. The van der Waals surface area contributed by atoms with Gasteiger partial charge in [-0.2, -0.15) is 0 Å². The van der Waals surface area contributed by atoms with Gasteiger partial charge in [0.25, 0.3) is 5.91 Å². The van der Waals surface area contributed by atoms with E-state index in [-0.39, 0.29) is 25.0 Å². The molecule has 6 heteroatoms. The highest BCUT2D eigenvalue weighted by atomic mass is 16.5. The molecule has 0 fully saturated rings. The van der Waals surface area contributed by atoms with Crippen molar-refractivity contribution >= 4 is 23.2 Å². The number of carbonyl (C=O) groups is 2. The summed E-state index contributed by atoms with van der Waals surface area (Å²) >= 11 is 0. The van der Waals surface area contributed by atoms with Crippen LogP contribution in [-0.4, -0.2) is 32.1 Å². The molecule has 2 aromatic carbocycles. The summed E-state index contributed by atoms with van der Waals surface area (Å²) in [6.45, 7) is 3.88. The van der Waals surface area contributed by atoms with E-state index in [0.29, 0.717) is 22.9 Å². The summed E-state index contributed by atoms with van der Waals surface area (Å²) in [5, 5.41) is 2.78. The molecule has 26 heavy (non-hydrogen) atoms. The third-order valence-corrected chi connectivity index (χ3v) is 4.19. The monoisotopic (exact) mass is 354 g/mol. The molecule has 0 aromatic heterocycles. The summed E-state index contributed by atoms with van der Waals surface area (Å²) in [6, 6.07) is 14.4. The van der Waals surface area contributed by atoms with Gasteiger partial charge in [0.1, 0.15) is 18.1 Å². The van der Waals surface area contributed by atoms with Gasteiger partial charge in [0.05, 0.1) is 11.1 Å². The number of amides is 2. The molecule has 2 amide bonds. The first-order valence-electron chi connectivity index (χ1n) is 8.39. The standard InChI is InChI=1S/C20H22N2O4/c1-20(2)13-26-17-11-14(9-10-16(17)22(3)19(20)24)21-18(23)12-25-15-7-5-4-6-8-15/h4-11H,12-13H2,1-3H3,(H,21,23). The van der Waals surface area contributed by atoms with E-state index in [1.165, 1.54) is 0 Å². The molecule has 0 saturated heterocycles. The lowest BCUT2D eigenvalue weighted by Gasteiger charge is -2.24. The van der Waals surface area contributed by atoms with Crippen molar-refractivity contribution in [2.45, 2.75) is 13.8 Å². The second-order valence-corrected chi connectivity index (χ2v) is 6.87. The first-order valence-corrected chi connectivity index (χ1v) is 8.39. The Morgan fingerprint density at radius 3 is 2.69 bits per heavy atom. The van der Waals surface area contributed by atoms with Crippen LogP contribution in [0.3, 0.4) is 0 Å². The van der Waals surface area contributed by atoms with Gasteiger partial charge in [0.2, 0.25) is 5.91 Å². The van der Waals surface area contributed by atoms with E-state index in [2.05, 4.69) is 5.32 Å². The number of hydrogen-bond donors (Lipinski definition) is 1. The van der Waals surface area contributed by atoms with Gasteiger partial charge >= 0.3 is 0 Å². The fraction of sp³-hybridized carbons (Fsp3) is 0.300. The van der Waals surface area contributed by atoms with Crippen molar-refractivity contribution in [3.05, 3.63) is 48.5 Å². The highest BCUT2D eigenvalue weighted by Crippen LogP contribution is 2.37. The highest BCUT2D eigenvalue weighted by Gasteiger charge is 2.36. The van der Waals surface area contributed by atoms with Gasteiger partial charge in [-0.05, 0) is 38.1 Å². The van der Waals surface area contributed by atoms with Crippen LogP contribution in [0.1, 0.15) is 13.8 Å². The van der Waals surface area contributed by atoms with Crippen LogP contribution in [0.25, 0.3) is 0 Å². The van der Waals surface area contributed by atoms with Crippen molar-refractivity contribution in [2.75, 3.05) is 30.5 Å². The molecule has 2 aromatic rings. The highest BCUT2D eigenvalue weighted by molar-refractivity contribution is 5.99. The smallest absolute Gasteiger partial charge is 0.262 e. The molecule has 1 N–H and O–H groups in total. The number of hydrogen-bond acceptors (Lipinski definition) is 4. The number of rotatable bonds is 4. The molecule has 6 nitrogen and oxygen atoms in total. The molecular formula is C20H22N2O4. The van der Waals surface area contributed by atoms with Crippen molar-refractivity contribution in [3.8, 4) is 11.5 Å². The van der Waals surface area contributed by atoms with Crippen LogP contribution >= 0.6 is 0 Å². The van der Waals surface area contributed by atoms with Gasteiger partial charge in [-0.1, -0.05) is 18.2 Å². The average molecular weight is 354 g/mol. The zero-order chi connectivity index (χ0) is 18.7. The Labute approximate surface area is 152 Å². The SMILES string of the molecule is CN1C(=O)C(C)(C)COc2cc(NC(=O)COc3ccccc3)ccc21. The lowest BCUT2D eigenvalue weighted by atomic mass is 9.93. The minimum Gasteiger partial charge on any atom is -0.490 e. The third-order valence-electron chi connectivity index (χ3n) is 4.19. The molecule has 0 radical (unpaired) electrons. The Balaban J connectivity index is 1.68. The normalized spacial score (nSPS) is 15.5. The Morgan fingerprint density at radius 1 is 1.23 bits per heavy atom. The number of fused-ring (bicyclic) bond motifs is 1. The zero-order valence-corrected chi connectivity index (χ0v) is 15.1. The minimum absolute atomic E-state index is 0.00991. The molecule has 136 valence electrons. The summed E-state index contributed by atoms with van der Waals surface area (Å²) in [5.74, 6) is 0.917. The van der Waals surface area contributed by atoms with Gasteiger partial charge < -0.3 is 19.7 Å². The molecule has 1 aliphatic heterocycles. The average Bonchev–Trinajstić information content (AvgIpc) is 2.72. The Bertz CT molecular complexity index is 818. The predicted molar refractivity (Wildman–Crippen MR) is 99.7 cm³/mol. The van der Waals surface area contributed by atoms with Crippen LogP contribution in [0.15, 0.2) is 48.5 Å². The fourth-order valence-electron chi connectivity index (χ4n) is 2.73. The second-order valence-electron chi connectivity index (χ2n) is 6.87. The summed E-state index contributed by atoms with van der Waals surface area (Å²) in [4.78, 5) is 26.2. The molecule has 0 saturated carbocycles. The maximum absolute atomic E-state index is 12.5. The molecule has 0 aliphatic carbocycles. The first-order chi connectivity index (χ1) is 12.4. The lowest BCUT2D eigenvalue weighted by Crippen LogP contribution is -2.39. The van der Waals surface area contributed by atoms with Crippen molar-refractivity contribution in [3.63, 3.8) is 0 Å². The van der Waals surface area contributed by atoms with Gasteiger partial charge in [0.15, 0.2) is 6.61 Å². The van der Waals surface area contributed by atoms with E-state index in [1.54, 1.807) is 42.3 Å². The number of nitrogens with zero attached hydrogens (tertiary/aromatic N) is 1. The molecule has 0 spiro atoms. The zero-order valence-electron chi connectivity index (χ0n) is 15.1. The first kappa shape index (κ1) is 17.8. The summed E-state index contributed by atoms with van der Waals surface area (Å²) in [7, 11) is 1.73. The molecule has 0 bridgehead atoms. The number of nitrogens with one attached hydrogen (secondary N) is 1. The van der Waals surface area contributed by atoms with E-state index in [9.17, 15) is 9.59 Å². The minimum atomic E-state index is -0.610. The molecule has 0 atom stereocenters. The predicted octanol–water partition coefficient (Wildman–Crippen LogP) is 3.09. The van der Waals surface area contributed by atoms with Gasteiger partial charge in [-0.25, -0.2) is 0 Å². The largest absolute Gasteiger partial charge is 0.490 e. The van der Waals surface area contributed by atoms with Crippen LogP contribution in [0.2, 0.25) is 0 Å². The topological polar surface area (TPSA) is 67.9 Å². The summed E-state index contributed by atoms with van der Waals surface area (Å²) < 4.78 is 11.2. The second kappa shape index (κ2) is 7.07. The maximum Gasteiger partial charge on any atom is 0.262 e. The van der Waals surface area contributed by atoms with Crippen molar-refractivity contribution in [1.29, 1.82) is 0 Å². The van der Waals surface area contributed by atoms with Crippen LogP contribution in [-0.2, 0) is 9.59 Å². The van der Waals surface area contributed by atoms with Crippen LogP contribution in [0, 0.1) is 5.41 Å². The Kier molecular flexibility index (Phi) is 4.84. The molecule has 3 rings (SSSR count). The summed E-state index contributed by atoms with van der Waals surface area (Å²) in [5.41, 5.74) is 0.658. The van der Waals surface area contributed by atoms with E-state index < -0.39 is 5.41 Å². The number of ether oxygens (including phenoxy) is 2. The number of para-hydroxylation sites is 1. The third kappa shape index (κ3) is 3.79. The molecular weight excluding hydrogens is 332 g/mol. The Hall–Kier alpha value is -3.02. The van der Waals surface area contributed by atoms with E-state index in [4.69, 9.17) is 9.47 Å². The Morgan fingerprint density at radius 2 is 1.96 bits per heavy atom. The number of benzene rings is 2. The van der Waals surface area contributed by atoms with E-state index in [0.717, 1.165) is 0 Å². The van der Waals surface area contributed by atoms with Crippen LogP contribution in [0.5, 0.6) is 11.5 Å². The summed E-state index contributed by atoms with van der Waals surface area (Å²) in [6.07, 6.45) is 0. The lowest BCUT2D eigenvalue weighted by molar-refractivity contribution is -0.127. The number of carbonyl (C=O) groups excluding carboxylic acids is 2. The molecule has 1 heterocycles. The number of anilines is 2. The van der Waals surface area contributed by atoms with Crippen molar-refractivity contribution in [2.24, 2.45) is 5.41 Å². The van der Waals surface area contributed by atoms with Gasteiger partial charge in [-0.3, -0.25) is 9.59 Å². The van der Waals surface area contributed by atoms with Crippen LogP contribution in [0.4, 0.5) is 11.4 Å². The van der Waals surface area contributed by atoms with Gasteiger partial charge in [0, 0.05) is 18.8 Å². The van der Waals surface area contributed by atoms with Gasteiger partial charge in [-0.15, -0.1) is 0 Å². The quantitative estimate of drug-likeness (QED) is 0.916.